The molecule has 116 valence electrons. The van der Waals surface area contributed by atoms with Gasteiger partial charge >= 0.3 is 0 Å². The van der Waals surface area contributed by atoms with Crippen molar-refractivity contribution in [3.8, 4) is 5.75 Å². The van der Waals surface area contributed by atoms with Crippen LogP contribution in [0.25, 0.3) is 0 Å². The molecule has 1 N–H and O–H groups in total. The fourth-order valence-electron chi connectivity index (χ4n) is 2.75. The van der Waals surface area contributed by atoms with E-state index in [1.807, 2.05) is 18.0 Å². The van der Waals surface area contributed by atoms with Crippen molar-refractivity contribution in [1.82, 2.24) is 10.2 Å². The maximum absolute atomic E-state index is 12.2. The summed E-state index contributed by atoms with van der Waals surface area (Å²) in [5.74, 6) is 1.05. The van der Waals surface area contributed by atoms with Crippen molar-refractivity contribution >= 4 is 5.91 Å². The smallest absolute Gasteiger partial charge is 0.226 e. The van der Waals surface area contributed by atoms with E-state index in [9.17, 15) is 4.79 Å². The number of carbonyl (C=O) groups excluding carboxylic acids is 1. The third kappa shape index (κ3) is 3.97. The van der Waals surface area contributed by atoms with Crippen LogP contribution in [-0.4, -0.2) is 43.6 Å². The summed E-state index contributed by atoms with van der Waals surface area (Å²) in [6, 6.07) is 4.52. The number of carbonyl (C=O) groups is 1. The molecule has 4 heteroatoms. The first-order valence-corrected chi connectivity index (χ1v) is 7.66. The monoisotopic (exact) mass is 290 g/mol. The molecule has 2 rings (SSSR count). The first-order chi connectivity index (χ1) is 9.99. The van der Waals surface area contributed by atoms with E-state index in [1.54, 1.807) is 0 Å². The van der Waals surface area contributed by atoms with Crippen molar-refractivity contribution in [3.63, 3.8) is 0 Å². The van der Waals surface area contributed by atoms with Crippen molar-refractivity contribution in [3.05, 3.63) is 28.8 Å². The fraction of sp³-hybridized carbons (Fsp3) is 0.588. The molecular formula is C17H26N2O2. The second-order valence-corrected chi connectivity index (χ2v) is 5.95. The Labute approximate surface area is 127 Å². The number of hydrogen-bond acceptors (Lipinski definition) is 3. The molecule has 0 aromatic heterocycles. The molecule has 1 unspecified atom stereocenters. The Balaban J connectivity index is 1.85. The van der Waals surface area contributed by atoms with Crippen LogP contribution in [0.1, 0.15) is 29.5 Å². The van der Waals surface area contributed by atoms with E-state index in [1.165, 1.54) is 11.1 Å². The highest BCUT2D eigenvalue weighted by Crippen LogP contribution is 2.23. The van der Waals surface area contributed by atoms with E-state index in [0.717, 1.165) is 30.8 Å². The summed E-state index contributed by atoms with van der Waals surface area (Å²) in [5.41, 5.74) is 3.57. The molecular weight excluding hydrogens is 264 g/mol. The van der Waals surface area contributed by atoms with Crippen LogP contribution >= 0.6 is 0 Å². The Morgan fingerprint density at radius 1 is 1.38 bits per heavy atom. The van der Waals surface area contributed by atoms with E-state index < -0.39 is 0 Å². The predicted molar refractivity (Wildman–Crippen MR) is 84.8 cm³/mol. The zero-order valence-electron chi connectivity index (χ0n) is 13.5. The summed E-state index contributed by atoms with van der Waals surface area (Å²) in [5, 5.41) is 3.28. The Hall–Kier alpha value is -1.55. The first kappa shape index (κ1) is 15.8. The number of aryl methyl sites for hydroxylation is 2. The van der Waals surface area contributed by atoms with Gasteiger partial charge in [-0.05, 0) is 56.5 Å². The molecule has 0 spiro atoms. The molecule has 1 atom stereocenters. The average molecular weight is 290 g/mol. The van der Waals surface area contributed by atoms with Crippen molar-refractivity contribution in [2.24, 2.45) is 0 Å². The quantitative estimate of drug-likeness (QED) is 0.904. The number of amides is 1. The van der Waals surface area contributed by atoms with Crippen molar-refractivity contribution in [2.45, 2.75) is 39.7 Å². The highest BCUT2D eigenvalue weighted by Gasteiger charge is 2.22. The van der Waals surface area contributed by atoms with Crippen LogP contribution in [0.2, 0.25) is 0 Å². The Bertz CT molecular complexity index is 508. The number of nitrogens with one attached hydrogen (secondary N) is 1. The number of ether oxygens (including phenoxy) is 1. The number of likely N-dealkylation sites (N-methyl/N-ethyl adjacent to an activating group) is 1. The van der Waals surface area contributed by atoms with E-state index in [-0.39, 0.29) is 5.91 Å². The normalized spacial score (nSPS) is 17.8. The fourth-order valence-corrected chi connectivity index (χ4v) is 2.75. The maximum Gasteiger partial charge on any atom is 0.226 e. The average Bonchev–Trinajstić information content (AvgIpc) is 2.97. The third-order valence-corrected chi connectivity index (χ3v) is 4.31. The Morgan fingerprint density at radius 2 is 2.14 bits per heavy atom. The van der Waals surface area contributed by atoms with Gasteiger partial charge in [0.05, 0.1) is 13.0 Å². The van der Waals surface area contributed by atoms with Gasteiger partial charge in [0.2, 0.25) is 5.91 Å². The summed E-state index contributed by atoms with van der Waals surface area (Å²) >= 11 is 0. The zero-order valence-corrected chi connectivity index (χ0v) is 13.5. The lowest BCUT2D eigenvalue weighted by Gasteiger charge is -2.24. The molecule has 1 aliphatic rings. The van der Waals surface area contributed by atoms with Gasteiger partial charge in [0.1, 0.15) is 5.75 Å². The lowest BCUT2D eigenvalue weighted by Crippen LogP contribution is -2.38. The summed E-state index contributed by atoms with van der Waals surface area (Å²) in [4.78, 5) is 14.0. The summed E-state index contributed by atoms with van der Waals surface area (Å²) in [7, 11) is 1.89. The lowest BCUT2D eigenvalue weighted by atomic mass is 10.1. The summed E-state index contributed by atoms with van der Waals surface area (Å²) in [6.45, 7) is 8.54. The van der Waals surface area contributed by atoms with Gasteiger partial charge in [0, 0.05) is 19.6 Å². The number of rotatable bonds is 5. The molecule has 4 nitrogen and oxygen atoms in total. The van der Waals surface area contributed by atoms with Gasteiger partial charge in [0.15, 0.2) is 0 Å². The minimum absolute atomic E-state index is 0.158. The van der Waals surface area contributed by atoms with E-state index >= 15 is 0 Å². The van der Waals surface area contributed by atoms with Gasteiger partial charge < -0.3 is 15.0 Å². The number of benzene rings is 1. The van der Waals surface area contributed by atoms with Gasteiger partial charge in [-0.15, -0.1) is 0 Å². The van der Waals surface area contributed by atoms with Crippen LogP contribution in [0.5, 0.6) is 5.75 Å². The molecule has 1 saturated heterocycles. The minimum Gasteiger partial charge on any atom is -0.493 e. The second-order valence-electron chi connectivity index (χ2n) is 5.95. The molecule has 1 aromatic rings. The highest BCUT2D eigenvalue weighted by molar-refractivity contribution is 5.76. The van der Waals surface area contributed by atoms with Crippen LogP contribution in [-0.2, 0) is 4.79 Å². The van der Waals surface area contributed by atoms with Crippen LogP contribution in [0.15, 0.2) is 12.1 Å². The first-order valence-electron chi connectivity index (χ1n) is 7.66. The molecule has 1 fully saturated rings. The SMILES string of the molecule is Cc1cc(C)c(C)c(OCCC(=O)N(C)C2CCNC2)c1. The largest absolute Gasteiger partial charge is 0.493 e. The molecule has 0 bridgehead atoms. The van der Waals surface area contributed by atoms with Crippen molar-refractivity contribution in [2.75, 3.05) is 26.7 Å². The molecule has 21 heavy (non-hydrogen) atoms. The van der Waals surface area contributed by atoms with Gasteiger partial charge in [-0.1, -0.05) is 6.07 Å². The van der Waals surface area contributed by atoms with Crippen LogP contribution in [0.3, 0.4) is 0 Å². The van der Waals surface area contributed by atoms with Crippen LogP contribution in [0, 0.1) is 20.8 Å². The molecule has 1 heterocycles. The van der Waals surface area contributed by atoms with Gasteiger partial charge in [-0.25, -0.2) is 0 Å². The second kappa shape index (κ2) is 6.94. The molecule has 0 aliphatic carbocycles. The molecule has 1 aromatic carbocycles. The van der Waals surface area contributed by atoms with E-state index in [2.05, 4.69) is 32.2 Å². The third-order valence-electron chi connectivity index (χ3n) is 4.31. The van der Waals surface area contributed by atoms with Gasteiger partial charge in [-0.2, -0.15) is 0 Å². The van der Waals surface area contributed by atoms with E-state index in [0.29, 0.717) is 19.1 Å². The Kier molecular flexibility index (Phi) is 5.23. The topological polar surface area (TPSA) is 41.6 Å². The number of nitrogens with zero attached hydrogens (tertiary/aromatic N) is 1. The standard InChI is InChI=1S/C17H26N2O2/c1-12-9-13(2)14(3)16(10-12)21-8-6-17(20)19(4)15-5-7-18-11-15/h9-10,15,18H,5-8,11H2,1-4H3. The lowest BCUT2D eigenvalue weighted by molar-refractivity contribution is -0.132. The maximum atomic E-state index is 12.2. The van der Waals surface area contributed by atoms with E-state index in [4.69, 9.17) is 4.74 Å². The van der Waals surface area contributed by atoms with Gasteiger partial charge in [-0.3, -0.25) is 4.79 Å². The number of hydrogen-bond donors (Lipinski definition) is 1. The highest BCUT2D eigenvalue weighted by atomic mass is 16.5. The molecule has 1 amide bonds. The van der Waals surface area contributed by atoms with Crippen molar-refractivity contribution in [1.29, 1.82) is 0 Å². The molecule has 0 saturated carbocycles. The minimum atomic E-state index is 0.158. The summed E-state index contributed by atoms with van der Waals surface area (Å²) in [6.07, 6.45) is 1.47. The van der Waals surface area contributed by atoms with Gasteiger partial charge in [0.25, 0.3) is 0 Å². The predicted octanol–water partition coefficient (Wildman–Crippen LogP) is 2.20. The molecule has 1 aliphatic heterocycles. The van der Waals surface area contributed by atoms with Crippen LogP contribution < -0.4 is 10.1 Å². The Morgan fingerprint density at radius 3 is 2.81 bits per heavy atom. The zero-order chi connectivity index (χ0) is 15.4. The van der Waals surface area contributed by atoms with Crippen molar-refractivity contribution < 1.29 is 9.53 Å². The molecule has 0 radical (unpaired) electrons. The van der Waals surface area contributed by atoms with Crippen LogP contribution in [0.4, 0.5) is 0 Å². The summed E-state index contributed by atoms with van der Waals surface area (Å²) < 4.78 is 5.82.